The molecule has 2 nitrogen and oxygen atoms in total. The second-order valence-corrected chi connectivity index (χ2v) is 4.72. The monoisotopic (exact) mass is 258 g/mol. The Balaban J connectivity index is 2.97. The summed E-state index contributed by atoms with van der Waals surface area (Å²) in [5.41, 5.74) is 2.60. The van der Waals surface area contributed by atoms with Crippen molar-refractivity contribution >= 4 is 5.69 Å². The quantitative estimate of drug-likeness (QED) is 0.675. The number of anilines is 1. The topological polar surface area (TPSA) is 15.3 Å². The van der Waals surface area contributed by atoms with E-state index in [1.165, 1.54) is 11.3 Å². The van der Waals surface area contributed by atoms with Gasteiger partial charge in [0.15, 0.2) is 0 Å². The molecule has 19 heavy (non-hydrogen) atoms. The maximum atomic E-state index is 3.84. The van der Waals surface area contributed by atoms with Gasteiger partial charge in [-0.1, -0.05) is 37.3 Å². The van der Waals surface area contributed by atoms with Crippen molar-refractivity contribution in [3.63, 3.8) is 0 Å². The third kappa shape index (κ3) is 4.56. The number of hydrogen-bond acceptors (Lipinski definition) is 2. The van der Waals surface area contributed by atoms with Crippen LogP contribution in [0.5, 0.6) is 0 Å². The molecule has 1 atom stereocenters. The molecule has 1 unspecified atom stereocenters. The summed E-state index contributed by atoms with van der Waals surface area (Å²) in [6.07, 6.45) is 5.02. The molecule has 0 aliphatic carbocycles. The van der Waals surface area contributed by atoms with E-state index >= 15 is 0 Å². The fourth-order valence-corrected chi connectivity index (χ4v) is 2.20. The SMILES string of the molecule is C=CCN(CC=C)c1ccccc1C(C)NCCC. The van der Waals surface area contributed by atoms with Gasteiger partial charge in [-0.05, 0) is 31.5 Å². The molecule has 0 saturated carbocycles. The van der Waals surface area contributed by atoms with E-state index in [2.05, 4.69) is 61.5 Å². The van der Waals surface area contributed by atoms with Crippen LogP contribution in [0.25, 0.3) is 0 Å². The average molecular weight is 258 g/mol. The van der Waals surface area contributed by atoms with Crippen LogP contribution in [-0.2, 0) is 0 Å². The molecule has 0 aliphatic heterocycles. The van der Waals surface area contributed by atoms with Gasteiger partial charge in [0.25, 0.3) is 0 Å². The van der Waals surface area contributed by atoms with E-state index in [9.17, 15) is 0 Å². The minimum atomic E-state index is 0.355. The van der Waals surface area contributed by atoms with Crippen molar-refractivity contribution in [2.45, 2.75) is 26.3 Å². The van der Waals surface area contributed by atoms with E-state index in [1.807, 2.05) is 12.2 Å². The zero-order valence-electron chi connectivity index (χ0n) is 12.2. The van der Waals surface area contributed by atoms with Crippen LogP contribution in [-0.4, -0.2) is 19.6 Å². The molecular formula is C17H26N2. The van der Waals surface area contributed by atoms with Gasteiger partial charge in [-0.15, -0.1) is 13.2 Å². The number of para-hydroxylation sites is 1. The van der Waals surface area contributed by atoms with Gasteiger partial charge in [0.05, 0.1) is 0 Å². The highest BCUT2D eigenvalue weighted by Gasteiger charge is 2.13. The smallest absolute Gasteiger partial charge is 0.0420 e. The Morgan fingerprint density at radius 3 is 2.42 bits per heavy atom. The molecule has 104 valence electrons. The van der Waals surface area contributed by atoms with Crippen molar-refractivity contribution in [1.29, 1.82) is 0 Å². The maximum absolute atomic E-state index is 3.84. The molecule has 0 fully saturated rings. The second-order valence-electron chi connectivity index (χ2n) is 4.72. The predicted molar refractivity (Wildman–Crippen MR) is 85.8 cm³/mol. The lowest BCUT2D eigenvalue weighted by Crippen LogP contribution is -2.27. The normalized spacial score (nSPS) is 11.9. The molecule has 0 spiro atoms. The lowest BCUT2D eigenvalue weighted by molar-refractivity contribution is 0.570. The van der Waals surface area contributed by atoms with Crippen molar-refractivity contribution in [2.75, 3.05) is 24.5 Å². The van der Waals surface area contributed by atoms with Gasteiger partial charge in [-0.2, -0.15) is 0 Å². The van der Waals surface area contributed by atoms with E-state index in [1.54, 1.807) is 0 Å². The third-order valence-electron chi connectivity index (χ3n) is 3.14. The Morgan fingerprint density at radius 2 is 1.84 bits per heavy atom. The van der Waals surface area contributed by atoms with E-state index in [0.29, 0.717) is 6.04 Å². The number of benzene rings is 1. The average Bonchev–Trinajstić information content (AvgIpc) is 2.44. The van der Waals surface area contributed by atoms with Crippen LogP contribution in [0.4, 0.5) is 5.69 Å². The molecule has 1 aromatic carbocycles. The third-order valence-corrected chi connectivity index (χ3v) is 3.14. The van der Waals surface area contributed by atoms with E-state index in [-0.39, 0.29) is 0 Å². The number of rotatable bonds is 9. The molecule has 0 heterocycles. The Morgan fingerprint density at radius 1 is 1.21 bits per heavy atom. The fourth-order valence-electron chi connectivity index (χ4n) is 2.20. The highest BCUT2D eigenvalue weighted by Crippen LogP contribution is 2.26. The largest absolute Gasteiger partial charge is 0.364 e. The van der Waals surface area contributed by atoms with Crippen LogP contribution in [0, 0.1) is 0 Å². The van der Waals surface area contributed by atoms with Crippen molar-refractivity contribution in [2.24, 2.45) is 0 Å². The Hall–Kier alpha value is -1.54. The zero-order chi connectivity index (χ0) is 14.1. The first-order valence-corrected chi connectivity index (χ1v) is 7.03. The van der Waals surface area contributed by atoms with Crippen molar-refractivity contribution in [3.05, 3.63) is 55.1 Å². The molecule has 1 rings (SSSR count). The van der Waals surface area contributed by atoms with Crippen molar-refractivity contribution in [3.8, 4) is 0 Å². The molecule has 0 saturated heterocycles. The second kappa shape index (κ2) is 8.54. The van der Waals surface area contributed by atoms with Crippen LogP contribution in [0.3, 0.4) is 0 Å². The molecule has 0 radical (unpaired) electrons. The molecule has 0 amide bonds. The standard InChI is InChI=1S/C17H26N2/c1-5-12-18-15(4)16-10-8-9-11-17(16)19(13-6-2)14-7-3/h6-11,15,18H,2-3,5,12-14H2,1,4H3. The summed E-state index contributed by atoms with van der Waals surface area (Å²) in [5, 5.41) is 3.55. The zero-order valence-corrected chi connectivity index (χ0v) is 12.2. The Labute approximate surface area is 117 Å². The van der Waals surface area contributed by atoms with Crippen LogP contribution in [0.15, 0.2) is 49.6 Å². The lowest BCUT2D eigenvalue weighted by Gasteiger charge is -2.27. The Kier molecular flexibility index (Phi) is 6.98. The van der Waals surface area contributed by atoms with Gasteiger partial charge < -0.3 is 10.2 Å². The van der Waals surface area contributed by atoms with Gasteiger partial charge >= 0.3 is 0 Å². The molecule has 2 heteroatoms. The maximum Gasteiger partial charge on any atom is 0.0420 e. The fraction of sp³-hybridized carbons (Fsp3) is 0.412. The van der Waals surface area contributed by atoms with Gasteiger partial charge in [0, 0.05) is 24.8 Å². The summed E-state index contributed by atoms with van der Waals surface area (Å²) in [7, 11) is 0. The lowest BCUT2D eigenvalue weighted by atomic mass is 10.0. The summed E-state index contributed by atoms with van der Waals surface area (Å²) < 4.78 is 0. The number of hydrogen-bond donors (Lipinski definition) is 1. The summed E-state index contributed by atoms with van der Waals surface area (Å²) in [5.74, 6) is 0. The van der Waals surface area contributed by atoms with Crippen molar-refractivity contribution < 1.29 is 0 Å². The molecule has 0 bridgehead atoms. The first kappa shape index (κ1) is 15.5. The van der Waals surface area contributed by atoms with Crippen LogP contribution in [0.2, 0.25) is 0 Å². The number of nitrogens with one attached hydrogen (secondary N) is 1. The summed E-state index contributed by atoms with van der Waals surface area (Å²) in [6, 6.07) is 8.91. The van der Waals surface area contributed by atoms with Crippen LogP contribution < -0.4 is 10.2 Å². The molecule has 1 N–H and O–H groups in total. The van der Waals surface area contributed by atoms with E-state index < -0.39 is 0 Å². The minimum absolute atomic E-state index is 0.355. The van der Waals surface area contributed by atoms with Crippen molar-refractivity contribution in [1.82, 2.24) is 5.32 Å². The van der Waals surface area contributed by atoms with Crippen LogP contribution >= 0.6 is 0 Å². The number of nitrogens with zero attached hydrogens (tertiary/aromatic N) is 1. The van der Waals surface area contributed by atoms with E-state index in [0.717, 1.165) is 26.1 Å². The van der Waals surface area contributed by atoms with Gasteiger partial charge in [0.2, 0.25) is 0 Å². The predicted octanol–water partition coefficient (Wildman–Crippen LogP) is 3.93. The molecule has 0 aromatic heterocycles. The van der Waals surface area contributed by atoms with Gasteiger partial charge in [-0.25, -0.2) is 0 Å². The summed E-state index contributed by atoms with van der Waals surface area (Å²) in [4.78, 5) is 2.29. The minimum Gasteiger partial charge on any atom is -0.364 e. The highest BCUT2D eigenvalue weighted by atomic mass is 15.1. The first-order chi connectivity index (χ1) is 9.24. The molecule has 1 aromatic rings. The molecular weight excluding hydrogens is 232 g/mol. The van der Waals surface area contributed by atoms with Gasteiger partial charge in [0.1, 0.15) is 0 Å². The first-order valence-electron chi connectivity index (χ1n) is 7.03. The molecule has 0 aliphatic rings. The summed E-state index contributed by atoms with van der Waals surface area (Å²) >= 11 is 0. The van der Waals surface area contributed by atoms with Gasteiger partial charge in [-0.3, -0.25) is 0 Å². The summed E-state index contributed by atoms with van der Waals surface area (Å²) in [6.45, 7) is 14.8. The Bertz CT molecular complexity index is 388. The van der Waals surface area contributed by atoms with E-state index in [4.69, 9.17) is 0 Å². The van der Waals surface area contributed by atoms with Crippen LogP contribution in [0.1, 0.15) is 31.9 Å². The highest BCUT2D eigenvalue weighted by molar-refractivity contribution is 5.55.